The van der Waals surface area contributed by atoms with E-state index in [1.807, 2.05) is 30.3 Å². The smallest absolute Gasteiger partial charge is 0.241 e. The van der Waals surface area contributed by atoms with E-state index in [1.165, 1.54) is 16.8 Å². The number of carbonyl (C=O) groups is 1. The van der Waals surface area contributed by atoms with Gasteiger partial charge in [0.2, 0.25) is 5.91 Å². The predicted molar refractivity (Wildman–Crippen MR) is 84.9 cm³/mol. The maximum Gasteiger partial charge on any atom is 0.241 e. The van der Waals surface area contributed by atoms with Gasteiger partial charge in [-0.25, -0.2) is 0 Å². The van der Waals surface area contributed by atoms with Crippen molar-refractivity contribution in [1.82, 2.24) is 19.9 Å². The first kappa shape index (κ1) is 18.1. The maximum atomic E-state index is 12.0. The summed E-state index contributed by atoms with van der Waals surface area (Å²) >= 11 is 0. The Balaban J connectivity index is 0.00000242. The molecule has 1 heterocycles. The molecule has 1 amide bonds. The van der Waals surface area contributed by atoms with Crippen molar-refractivity contribution in [1.29, 1.82) is 0 Å². The second kappa shape index (κ2) is 8.47. The van der Waals surface area contributed by atoms with Crippen LogP contribution in [0.5, 0.6) is 0 Å². The number of halogens is 1. The zero-order valence-electron chi connectivity index (χ0n) is 12.5. The summed E-state index contributed by atoms with van der Waals surface area (Å²) in [6.07, 6.45) is 1.64. The van der Waals surface area contributed by atoms with E-state index in [-0.39, 0.29) is 24.9 Å². The normalized spacial score (nSPS) is 11.6. The number of hydrogen-bond donors (Lipinski definition) is 1. The number of benzene rings is 1. The highest BCUT2D eigenvalue weighted by Gasteiger charge is 2.18. The lowest BCUT2D eigenvalue weighted by Crippen LogP contribution is -2.44. The highest BCUT2D eigenvalue weighted by atomic mass is 35.5. The largest absolute Gasteiger partial charge is 0.383 e. The first-order valence-electron chi connectivity index (χ1n) is 6.58. The number of likely N-dealkylation sites (N-methyl/N-ethyl adjacent to an activating group) is 1. The number of nitrogens with two attached hydrogens (primary N) is 1. The number of aromatic nitrogens is 3. The molecule has 0 radical (unpaired) electrons. The third kappa shape index (κ3) is 4.52. The van der Waals surface area contributed by atoms with Crippen LogP contribution in [0.1, 0.15) is 5.69 Å². The highest BCUT2D eigenvalue weighted by molar-refractivity contribution is 5.85. The number of methoxy groups -OCH3 is 1. The molecule has 0 spiro atoms. The Morgan fingerprint density at radius 2 is 2.09 bits per heavy atom. The average Bonchev–Trinajstić information content (AvgIpc) is 2.96. The van der Waals surface area contributed by atoms with Gasteiger partial charge in [-0.3, -0.25) is 4.79 Å². The second-order valence-corrected chi connectivity index (χ2v) is 4.72. The topological polar surface area (TPSA) is 86.3 Å². The van der Waals surface area contributed by atoms with Crippen LogP contribution in [0.15, 0.2) is 36.5 Å². The summed E-state index contributed by atoms with van der Waals surface area (Å²) in [5.41, 5.74) is 7.28. The fraction of sp³-hybridized carbons (Fsp3) is 0.357. The summed E-state index contributed by atoms with van der Waals surface area (Å²) in [5, 5.41) is 8.54. The molecular weight excluding hydrogens is 306 g/mol. The zero-order chi connectivity index (χ0) is 15.2. The van der Waals surface area contributed by atoms with Crippen LogP contribution in [0, 0.1) is 0 Å². The van der Waals surface area contributed by atoms with Crippen LogP contribution in [0.25, 0.3) is 5.69 Å². The molecule has 0 aliphatic heterocycles. The van der Waals surface area contributed by atoms with E-state index < -0.39 is 6.04 Å². The maximum absolute atomic E-state index is 12.0. The van der Waals surface area contributed by atoms with E-state index in [0.29, 0.717) is 12.2 Å². The van der Waals surface area contributed by atoms with Gasteiger partial charge >= 0.3 is 0 Å². The van der Waals surface area contributed by atoms with Crippen molar-refractivity contribution in [2.75, 3.05) is 20.8 Å². The van der Waals surface area contributed by atoms with Crippen molar-refractivity contribution in [2.24, 2.45) is 5.73 Å². The number of nitrogens with zero attached hydrogens (tertiary/aromatic N) is 4. The molecule has 22 heavy (non-hydrogen) atoms. The van der Waals surface area contributed by atoms with Crippen molar-refractivity contribution in [3.05, 3.63) is 42.2 Å². The fourth-order valence-corrected chi connectivity index (χ4v) is 1.91. The Bertz CT molecular complexity index is 590. The zero-order valence-corrected chi connectivity index (χ0v) is 13.4. The minimum absolute atomic E-state index is 0. The molecule has 0 saturated carbocycles. The first-order chi connectivity index (χ1) is 10.1. The molecule has 1 atom stereocenters. The van der Waals surface area contributed by atoms with Crippen LogP contribution in [0.2, 0.25) is 0 Å². The molecule has 0 aliphatic rings. The lowest BCUT2D eigenvalue weighted by molar-refractivity contribution is -0.133. The number of ether oxygens (including phenoxy) is 1. The average molecular weight is 326 g/mol. The predicted octanol–water partition coefficient (Wildman–Crippen LogP) is 0.621. The number of para-hydroxylation sites is 1. The number of hydrogen-bond acceptors (Lipinski definition) is 5. The molecular formula is C14H20ClN5O2. The summed E-state index contributed by atoms with van der Waals surface area (Å²) in [7, 11) is 3.19. The number of rotatable bonds is 6. The molecule has 2 N–H and O–H groups in total. The van der Waals surface area contributed by atoms with Gasteiger partial charge in [-0.2, -0.15) is 15.0 Å². The minimum atomic E-state index is -0.663. The van der Waals surface area contributed by atoms with Gasteiger partial charge < -0.3 is 15.4 Å². The molecule has 1 aromatic carbocycles. The van der Waals surface area contributed by atoms with Gasteiger partial charge in [-0.05, 0) is 12.1 Å². The molecule has 7 nitrogen and oxygen atoms in total. The van der Waals surface area contributed by atoms with Crippen molar-refractivity contribution in [2.45, 2.75) is 12.6 Å². The molecule has 0 bridgehead atoms. The molecule has 1 unspecified atom stereocenters. The van der Waals surface area contributed by atoms with E-state index in [2.05, 4.69) is 10.2 Å². The van der Waals surface area contributed by atoms with E-state index in [9.17, 15) is 4.79 Å². The van der Waals surface area contributed by atoms with Crippen LogP contribution in [-0.2, 0) is 16.1 Å². The van der Waals surface area contributed by atoms with Crippen LogP contribution >= 0.6 is 12.4 Å². The molecule has 0 saturated heterocycles. The summed E-state index contributed by atoms with van der Waals surface area (Å²) in [5.74, 6) is -0.189. The standard InChI is InChI=1S/C14H19N5O2.ClH/c1-18(14(20)13(15)10-21-2)9-11-8-16-19(17-11)12-6-4-3-5-7-12;/h3-8,13H,9-10,15H2,1-2H3;1H. The van der Waals surface area contributed by atoms with Crippen LogP contribution in [0.3, 0.4) is 0 Å². The van der Waals surface area contributed by atoms with Crippen molar-refractivity contribution in [3.63, 3.8) is 0 Å². The Morgan fingerprint density at radius 1 is 1.41 bits per heavy atom. The Kier molecular flexibility index (Phi) is 6.97. The lowest BCUT2D eigenvalue weighted by atomic mass is 10.3. The van der Waals surface area contributed by atoms with E-state index in [0.717, 1.165) is 5.69 Å². The highest BCUT2D eigenvalue weighted by Crippen LogP contribution is 2.06. The summed E-state index contributed by atoms with van der Waals surface area (Å²) in [6.45, 7) is 0.545. The number of amides is 1. The Hall–Kier alpha value is -1.96. The summed E-state index contributed by atoms with van der Waals surface area (Å²) in [6, 6.07) is 8.91. The van der Waals surface area contributed by atoms with Crippen molar-refractivity contribution in [3.8, 4) is 5.69 Å². The van der Waals surface area contributed by atoms with Gasteiger partial charge in [-0.1, -0.05) is 18.2 Å². The molecule has 2 rings (SSSR count). The molecule has 2 aromatic rings. The van der Waals surface area contributed by atoms with Crippen molar-refractivity contribution >= 4 is 18.3 Å². The summed E-state index contributed by atoms with van der Waals surface area (Å²) in [4.78, 5) is 15.0. The van der Waals surface area contributed by atoms with E-state index >= 15 is 0 Å². The van der Waals surface area contributed by atoms with Gasteiger partial charge in [0, 0.05) is 14.2 Å². The molecule has 0 aliphatic carbocycles. The quantitative estimate of drug-likeness (QED) is 0.841. The van der Waals surface area contributed by atoms with Crippen LogP contribution in [-0.4, -0.2) is 52.6 Å². The van der Waals surface area contributed by atoms with E-state index in [4.69, 9.17) is 10.5 Å². The fourth-order valence-electron chi connectivity index (χ4n) is 1.91. The van der Waals surface area contributed by atoms with Gasteiger partial charge in [0.15, 0.2) is 0 Å². The second-order valence-electron chi connectivity index (χ2n) is 4.72. The van der Waals surface area contributed by atoms with Crippen molar-refractivity contribution < 1.29 is 9.53 Å². The van der Waals surface area contributed by atoms with E-state index in [1.54, 1.807) is 13.2 Å². The lowest BCUT2D eigenvalue weighted by Gasteiger charge is -2.19. The third-order valence-electron chi connectivity index (χ3n) is 2.97. The first-order valence-corrected chi connectivity index (χ1v) is 6.58. The SMILES string of the molecule is COCC(N)C(=O)N(C)Cc1cnn(-c2ccccc2)n1.Cl. The Labute approximate surface area is 135 Å². The number of carbonyl (C=O) groups excluding carboxylic acids is 1. The summed E-state index contributed by atoms with van der Waals surface area (Å²) < 4.78 is 4.88. The molecule has 120 valence electrons. The third-order valence-corrected chi connectivity index (χ3v) is 2.97. The van der Waals surface area contributed by atoms with Gasteiger partial charge in [0.05, 0.1) is 25.0 Å². The van der Waals surface area contributed by atoms with Gasteiger partial charge in [0.1, 0.15) is 11.7 Å². The molecule has 0 fully saturated rings. The van der Waals surface area contributed by atoms with Crippen LogP contribution in [0.4, 0.5) is 0 Å². The monoisotopic (exact) mass is 325 g/mol. The van der Waals surface area contributed by atoms with Crippen LogP contribution < -0.4 is 5.73 Å². The van der Waals surface area contributed by atoms with Gasteiger partial charge in [-0.15, -0.1) is 12.4 Å². The molecule has 8 heteroatoms. The minimum Gasteiger partial charge on any atom is -0.383 e. The Morgan fingerprint density at radius 3 is 2.73 bits per heavy atom. The van der Waals surface area contributed by atoms with Gasteiger partial charge in [0.25, 0.3) is 0 Å². The molecule has 1 aromatic heterocycles.